The van der Waals surface area contributed by atoms with Gasteiger partial charge in [-0.15, -0.1) is 0 Å². The number of urea groups is 1. The molecule has 0 bridgehead atoms. The van der Waals surface area contributed by atoms with Crippen molar-refractivity contribution in [3.05, 3.63) is 0 Å². The molecule has 19 heavy (non-hydrogen) atoms. The molecular weight excluding hydrogens is 250 g/mol. The highest BCUT2D eigenvalue weighted by molar-refractivity contribution is 5.83. The van der Waals surface area contributed by atoms with Gasteiger partial charge in [-0.2, -0.15) is 0 Å². The van der Waals surface area contributed by atoms with Crippen LogP contribution >= 0.6 is 0 Å². The molecule has 7 nitrogen and oxygen atoms in total. The van der Waals surface area contributed by atoms with E-state index in [9.17, 15) is 14.4 Å². The van der Waals surface area contributed by atoms with E-state index in [1.807, 2.05) is 6.92 Å². The van der Waals surface area contributed by atoms with Gasteiger partial charge in [0.1, 0.15) is 0 Å². The predicted molar refractivity (Wildman–Crippen MR) is 70.8 cm³/mol. The summed E-state index contributed by atoms with van der Waals surface area (Å²) in [6.07, 6.45) is 2.25. The lowest BCUT2D eigenvalue weighted by Crippen LogP contribution is -2.42. The largest absolute Gasteiger partial charge is 0.481 e. The number of carboxylic acid groups (broad SMARTS) is 1. The maximum Gasteiger partial charge on any atom is 0.315 e. The zero-order valence-corrected chi connectivity index (χ0v) is 11.6. The molecule has 0 heterocycles. The van der Waals surface area contributed by atoms with Crippen molar-refractivity contribution < 1.29 is 19.5 Å². The maximum atomic E-state index is 11.4. The van der Waals surface area contributed by atoms with E-state index in [-0.39, 0.29) is 24.9 Å². The third kappa shape index (κ3) is 9.87. The quantitative estimate of drug-likeness (QED) is 0.530. The van der Waals surface area contributed by atoms with Crippen LogP contribution in [-0.2, 0) is 9.59 Å². The van der Waals surface area contributed by atoms with Gasteiger partial charge in [-0.05, 0) is 19.8 Å². The lowest BCUT2D eigenvalue weighted by atomic mass is 10.2. The molecule has 7 heteroatoms. The standard InChI is InChI=1S/C12H23N3O4/c1-3-15(2)10(16)9-14-12(19)13-8-6-4-5-7-11(17)18/h3-9H2,1-2H3,(H,17,18)(H2,13,14,19). The molecule has 110 valence electrons. The Hall–Kier alpha value is -1.79. The van der Waals surface area contributed by atoms with E-state index in [0.717, 1.165) is 12.8 Å². The van der Waals surface area contributed by atoms with Crippen molar-refractivity contribution in [3.63, 3.8) is 0 Å². The fraction of sp³-hybridized carbons (Fsp3) is 0.750. The van der Waals surface area contributed by atoms with Crippen LogP contribution in [0.2, 0.25) is 0 Å². The summed E-state index contributed by atoms with van der Waals surface area (Å²) in [7, 11) is 1.67. The number of rotatable bonds is 9. The zero-order chi connectivity index (χ0) is 14.7. The minimum atomic E-state index is -0.802. The van der Waals surface area contributed by atoms with Gasteiger partial charge in [0, 0.05) is 26.6 Å². The summed E-state index contributed by atoms with van der Waals surface area (Å²) >= 11 is 0. The Bertz CT molecular complexity index is 307. The molecule has 0 aromatic carbocycles. The Labute approximate surface area is 113 Å². The lowest BCUT2D eigenvalue weighted by molar-refractivity contribution is -0.137. The van der Waals surface area contributed by atoms with Crippen LogP contribution in [0.4, 0.5) is 4.79 Å². The Morgan fingerprint density at radius 1 is 1.11 bits per heavy atom. The molecule has 0 aromatic heterocycles. The molecule has 0 aromatic rings. The number of hydrogen-bond acceptors (Lipinski definition) is 3. The zero-order valence-electron chi connectivity index (χ0n) is 11.6. The molecule has 0 rings (SSSR count). The van der Waals surface area contributed by atoms with Gasteiger partial charge in [0.05, 0.1) is 6.54 Å². The molecule has 0 aliphatic heterocycles. The molecule has 0 fully saturated rings. The first-order valence-electron chi connectivity index (χ1n) is 6.44. The van der Waals surface area contributed by atoms with Crippen molar-refractivity contribution in [2.24, 2.45) is 0 Å². The van der Waals surface area contributed by atoms with Gasteiger partial charge in [-0.3, -0.25) is 9.59 Å². The van der Waals surface area contributed by atoms with E-state index in [2.05, 4.69) is 10.6 Å². The van der Waals surface area contributed by atoms with Crippen molar-refractivity contribution in [1.82, 2.24) is 15.5 Å². The highest BCUT2D eigenvalue weighted by Gasteiger charge is 2.07. The Kier molecular flexibility index (Phi) is 9.20. The van der Waals surface area contributed by atoms with Gasteiger partial charge < -0.3 is 20.6 Å². The number of hydrogen-bond donors (Lipinski definition) is 3. The number of aliphatic carboxylic acids is 1. The molecule has 0 unspecified atom stereocenters. The minimum absolute atomic E-state index is 0.0187. The number of carboxylic acids is 1. The SMILES string of the molecule is CCN(C)C(=O)CNC(=O)NCCCCCC(=O)O. The van der Waals surface area contributed by atoms with Gasteiger partial charge in [0.15, 0.2) is 0 Å². The molecular formula is C12H23N3O4. The second-order valence-corrected chi connectivity index (χ2v) is 4.22. The van der Waals surface area contributed by atoms with E-state index >= 15 is 0 Å². The van der Waals surface area contributed by atoms with Gasteiger partial charge >= 0.3 is 12.0 Å². The smallest absolute Gasteiger partial charge is 0.315 e. The number of nitrogens with zero attached hydrogens (tertiary/aromatic N) is 1. The van der Waals surface area contributed by atoms with Crippen LogP contribution in [0.5, 0.6) is 0 Å². The van der Waals surface area contributed by atoms with Crippen LogP contribution < -0.4 is 10.6 Å². The molecule has 0 aliphatic carbocycles. The summed E-state index contributed by atoms with van der Waals surface area (Å²) in [4.78, 5) is 34.5. The number of unbranched alkanes of at least 4 members (excludes halogenated alkanes) is 2. The molecule has 0 saturated heterocycles. The number of likely N-dealkylation sites (N-methyl/N-ethyl adjacent to an activating group) is 1. The van der Waals surface area contributed by atoms with Crippen molar-refractivity contribution in [2.75, 3.05) is 26.7 Å². The highest BCUT2D eigenvalue weighted by atomic mass is 16.4. The van der Waals surface area contributed by atoms with E-state index in [1.165, 1.54) is 4.90 Å². The molecule has 3 N–H and O–H groups in total. The third-order valence-electron chi connectivity index (χ3n) is 2.65. The monoisotopic (exact) mass is 273 g/mol. The average Bonchev–Trinajstić information content (AvgIpc) is 2.38. The fourth-order valence-corrected chi connectivity index (χ4v) is 1.31. The first-order valence-corrected chi connectivity index (χ1v) is 6.44. The van der Waals surface area contributed by atoms with Crippen molar-refractivity contribution in [2.45, 2.75) is 32.6 Å². The maximum absolute atomic E-state index is 11.4. The van der Waals surface area contributed by atoms with Crippen LogP contribution in [0.15, 0.2) is 0 Å². The predicted octanol–water partition coefficient (Wildman–Crippen LogP) is 0.409. The highest BCUT2D eigenvalue weighted by Crippen LogP contribution is 1.98. The number of nitrogens with one attached hydrogen (secondary N) is 2. The molecule has 0 spiro atoms. The molecule has 0 atom stereocenters. The van der Waals surface area contributed by atoms with Crippen LogP contribution in [0.3, 0.4) is 0 Å². The summed E-state index contributed by atoms with van der Waals surface area (Å²) in [5.74, 6) is -0.941. The van der Waals surface area contributed by atoms with E-state index in [4.69, 9.17) is 5.11 Å². The summed E-state index contributed by atoms with van der Waals surface area (Å²) in [6, 6.07) is -0.379. The molecule has 3 amide bonds. The second kappa shape index (κ2) is 10.2. The Morgan fingerprint density at radius 3 is 2.37 bits per heavy atom. The topological polar surface area (TPSA) is 98.7 Å². The van der Waals surface area contributed by atoms with Crippen molar-refractivity contribution in [3.8, 4) is 0 Å². The number of carbonyl (C=O) groups is 3. The molecule has 0 radical (unpaired) electrons. The first-order chi connectivity index (χ1) is 8.97. The summed E-state index contributed by atoms with van der Waals surface area (Å²) in [5, 5.41) is 13.5. The van der Waals surface area contributed by atoms with Crippen LogP contribution in [-0.4, -0.2) is 54.6 Å². The average molecular weight is 273 g/mol. The molecule has 0 saturated carbocycles. The number of amides is 3. The van der Waals surface area contributed by atoms with E-state index in [0.29, 0.717) is 19.5 Å². The first kappa shape index (κ1) is 17.2. The third-order valence-corrected chi connectivity index (χ3v) is 2.65. The molecule has 0 aliphatic rings. The van der Waals surface area contributed by atoms with Crippen LogP contribution in [0, 0.1) is 0 Å². The lowest BCUT2D eigenvalue weighted by Gasteiger charge is -2.14. The number of carbonyl (C=O) groups excluding carboxylic acids is 2. The van der Waals surface area contributed by atoms with Gasteiger partial charge in [0.2, 0.25) is 5.91 Å². The minimum Gasteiger partial charge on any atom is -0.481 e. The van der Waals surface area contributed by atoms with Crippen molar-refractivity contribution >= 4 is 17.9 Å². The van der Waals surface area contributed by atoms with E-state index in [1.54, 1.807) is 7.05 Å². The fourth-order valence-electron chi connectivity index (χ4n) is 1.31. The summed E-state index contributed by atoms with van der Waals surface area (Å²) in [5.41, 5.74) is 0. The van der Waals surface area contributed by atoms with Crippen LogP contribution in [0.1, 0.15) is 32.6 Å². The van der Waals surface area contributed by atoms with E-state index < -0.39 is 5.97 Å². The summed E-state index contributed by atoms with van der Waals surface area (Å²) < 4.78 is 0. The van der Waals surface area contributed by atoms with Gasteiger partial charge in [-0.25, -0.2) is 4.79 Å². The van der Waals surface area contributed by atoms with Crippen LogP contribution in [0.25, 0.3) is 0 Å². The Morgan fingerprint density at radius 2 is 1.79 bits per heavy atom. The van der Waals surface area contributed by atoms with Gasteiger partial charge in [-0.1, -0.05) is 6.42 Å². The summed E-state index contributed by atoms with van der Waals surface area (Å²) in [6.45, 7) is 2.92. The van der Waals surface area contributed by atoms with Gasteiger partial charge in [0.25, 0.3) is 0 Å². The normalized spacial score (nSPS) is 9.79. The second-order valence-electron chi connectivity index (χ2n) is 4.22. The Balaban J connectivity index is 3.50. The van der Waals surface area contributed by atoms with Crippen molar-refractivity contribution in [1.29, 1.82) is 0 Å².